The van der Waals surface area contributed by atoms with E-state index in [0.29, 0.717) is 5.56 Å². The van der Waals surface area contributed by atoms with Crippen molar-refractivity contribution in [2.75, 3.05) is 6.54 Å². The van der Waals surface area contributed by atoms with Gasteiger partial charge in [0.1, 0.15) is 5.75 Å². The number of ether oxygens (including phenoxy) is 1. The fourth-order valence-corrected chi connectivity index (χ4v) is 0.980. The molecule has 0 saturated carbocycles. The van der Waals surface area contributed by atoms with Gasteiger partial charge in [-0.1, -0.05) is 23.0 Å². The number of hydrogen-bond donors (Lipinski definition) is 0. The summed E-state index contributed by atoms with van der Waals surface area (Å²) in [5, 5.41) is 3.16. The number of azide groups is 1. The molecule has 7 heteroatoms. The van der Waals surface area contributed by atoms with E-state index in [1.165, 1.54) is 18.2 Å². The summed E-state index contributed by atoms with van der Waals surface area (Å²) in [6.07, 6.45) is -4.73. The first-order valence-electron chi connectivity index (χ1n) is 4.37. The van der Waals surface area contributed by atoms with E-state index in [-0.39, 0.29) is 12.3 Å². The number of rotatable bonds is 2. The molecular formula is C10H6F3N3O. The van der Waals surface area contributed by atoms with Gasteiger partial charge in [-0.2, -0.15) is 0 Å². The zero-order valence-corrected chi connectivity index (χ0v) is 8.40. The van der Waals surface area contributed by atoms with Crippen LogP contribution in [0.1, 0.15) is 5.56 Å². The molecule has 88 valence electrons. The molecule has 0 aliphatic rings. The molecular weight excluding hydrogens is 235 g/mol. The van der Waals surface area contributed by atoms with Crippen molar-refractivity contribution in [3.8, 4) is 17.6 Å². The Kier molecular flexibility index (Phi) is 4.26. The molecule has 0 fully saturated rings. The summed E-state index contributed by atoms with van der Waals surface area (Å²) in [6.45, 7) is -0.0408. The van der Waals surface area contributed by atoms with E-state index < -0.39 is 6.36 Å². The van der Waals surface area contributed by atoms with Gasteiger partial charge in [0, 0.05) is 10.5 Å². The van der Waals surface area contributed by atoms with Crippen LogP contribution in [0.5, 0.6) is 5.75 Å². The number of nitrogens with zero attached hydrogens (tertiary/aromatic N) is 3. The Morgan fingerprint density at radius 3 is 2.82 bits per heavy atom. The van der Waals surface area contributed by atoms with E-state index in [1.807, 2.05) is 0 Å². The lowest BCUT2D eigenvalue weighted by Crippen LogP contribution is -2.17. The fraction of sp³-hybridized carbons (Fsp3) is 0.200. The molecule has 0 unspecified atom stereocenters. The Labute approximate surface area is 94.6 Å². The summed E-state index contributed by atoms with van der Waals surface area (Å²) in [5.74, 6) is 4.69. The maximum atomic E-state index is 11.9. The van der Waals surface area contributed by atoms with Crippen LogP contribution in [-0.2, 0) is 0 Å². The van der Waals surface area contributed by atoms with E-state index in [9.17, 15) is 13.2 Å². The van der Waals surface area contributed by atoms with E-state index in [2.05, 4.69) is 26.6 Å². The highest BCUT2D eigenvalue weighted by Gasteiger charge is 2.30. The largest absolute Gasteiger partial charge is 0.573 e. The Morgan fingerprint density at radius 2 is 2.18 bits per heavy atom. The number of halogens is 3. The zero-order valence-electron chi connectivity index (χ0n) is 8.40. The van der Waals surface area contributed by atoms with Crippen molar-refractivity contribution < 1.29 is 17.9 Å². The van der Waals surface area contributed by atoms with Crippen molar-refractivity contribution in [1.29, 1.82) is 0 Å². The van der Waals surface area contributed by atoms with E-state index >= 15 is 0 Å². The van der Waals surface area contributed by atoms with Gasteiger partial charge in [-0.15, -0.1) is 13.2 Å². The topological polar surface area (TPSA) is 58.0 Å². The normalized spacial score (nSPS) is 9.82. The molecule has 0 saturated heterocycles. The highest BCUT2D eigenvalue weighted by atomic mass is 19.4. The second kappa shape index (κ2) is 5.68. The lowest BCUT2D eigenvalue weighted by Gasteiger charge is -2.08. The smallest absolute Gasteiger partial charge is 0.406 e. The number of alkyl halides is 3. The maximum Gasteiger partial charge on any atom is 0.573 e. The van der Waals surface area contributed by atoms with Gasteiger partial charge in [0.25, 0.3) is 0 Å². The number of hydrogen-bond acceptors (Lipinski definition) is 2. The Hall–Kier alpha value is -2.32. The van der Waals surface area contributed by atoms with E-state index in [4.69, 9.17) is 5.53 Å². The summed E-state index contributed by atoms with van der Waals surface area (Å²) < 4.78 is 39.5. The minimum atomic E-state index is -4.73. The van der Waals surface area contributed by atoms with Crippen molar-refractivity contribution in [2.24, 2.45) is 5.11 Å². The van der Waals surface area contributed by atoms with Crippen molar-refractivity contribution in [1.82, 2.24) is 0 Å². The van der Waals surface area contributed by atoms with Crippen LogP contribution in [-0.4, -0.2) is 12.9 Å². The fourth-order valence-electron chi connectivity index (χ4n) is 0.980. The highest BCUT2D eigenvalue weighted by Crippen LogP contribution is 2.22. The number of benzene rings is 1. The maximum absolute atomic E-state index is 11.9. The van der Waals surface area contributed by atoms with Crippen LogP contribution in [0.4, 0.5) is 13.2 Å². The molecule has 0 aliphatic carbocycles. The Morgan fingerprint density at radius 1 is 1.41 bits per heavy atom. The van der Waals surface area contributed by atoms with Gasteiger partial charge in [0.15, 0.2) is 0 Å². The third-order valence-electron chi connectivity index (χ3n) is 1.51. The van der Waals surface area contributed by atoms with Crippen LogP contribution in [0, 0.1) is 11.8 Å². The summed E-state index contributed by atoms with van der Waals surface area (Å²) in [4.78, 5) is 2.48. The first-order chi connectivity index (χ1) is 8.01. The van der Waals surface area contributed by atoms with Gasteiger partial charge in [0.05, 0.1) is 6.54 Å². The summed E-state index contributed by atoms with van der Waals surface area (Å²) in [7, 11) is 0. The summed E-state index contributed by atoms with van der Waals surface area (Å²) in [6, 6.07) is 5.23. The molecule has 17 heavy (non-hydrogen) atoms. The van der Waals surface area contributed by atoms with Gasteiger partial charge in [-0.25, -0.2) is 0 Å². The molecule has 0 aliphatic heterocycles. The molecule has 0 aromatic heterocycles. The second-order valence-corrected chi connectivity index (χ2v) is 2.77. The Balaban J connectivity index is 2.78. The molecule has 0 N–H and O–H groups in total. The second-order valence-electron chi connectivity index (χ2n) is 2.77. The minimum absolute atomic E-state index is 0.0408. The van der Waals surface area contributed by atoms with Gasteiger partial charge in [0.2, 0.25) is 0 Å². The molecule has 0 atom stereocenters. The molecule has 0 spiro atoms. The van der Waals surface area contributed by atoms with Crippen LogP contribution in [0.3, 0.4) is 0 Å². The van der Waals surface area contributed by atoms with Crippen LogP contribution < -0.4 is 4.74 Å². The van der Waals surface area contributed by atoms with Crippen molar-refractivity contribution in [2.45, 2.75) is 6.36 Å². The lowest BCUT2D eigenvalue weighted by atomic mass is 10.2. The van der Waals surface area contributed by atoms with Crippen LogP contribution in [0.2, 0.25) is 0 Å². The van der Waals surface area contributed by atoms with Gasteiger partial charge < -0.3 is 4.74 Å². The van der Waals surface area contributed by atoms with Crippen molar-refractivity contribution in [3.05, 3.63) is 40.3 Å². The quantitative estimate of drug-likeness (QED) is 0.339. The molecule has 1 aromatic carbocycles. The molecule has 0 radical (unpaired) electrons. The molecule has 0 amide bonds. The van der Waals surface area contributed by atoms with Crippen LogP contribution >= 0.6 is 0 Å². The molecule has 0 bridgehead atoms. The predicted octanol–water partition coefficient (Wildman–Crippen LogP) is 3.25. The monoisotopic (exact) mass is 241 g/mol. The third-order valence-corrected chi connectivity index (χ3v) is 1.51. The first kappa shape index (κ1) is 12.7. The average molecular weight is 241 g/mol. The van der Waals surface area contributed by atoms with Crippen LogP contribution in [0.15, 0.2) is 29.4 Å². The van der Waals surface area contributed by atoms with Crippen LogP contribution in [0.25, 0.3) is 10.4 Å². The standard InChI is InChI=1S/C10H6F3N3O/c11-10(12,13)17-9-5-1-3-8(7-9)4-2-6-15-16-14/h1,3,5,7H,6H2. The van der Waals surface area contributed by atoms with E-state index in [0.717, 1.165) is 6.07 Å². The first-order valence-corrected chi connectivity index (χ1v) is 4.37. The molecule has 1 aromatic rings. The minimum Gasteiger partial charge on any atom is -0.406 e. The summed E-state index contributed by atoms with van der Waals surface area (Å²) >= 11 is 0. The van der Waals surface area contributed by atoms with Gasteiger partial charge in [-0.05, 0) is 23.7 Å². The summed E-state index contributed by atoms with van der Waals surface area (Å²) in [5.41, 5.74) is 8.33. The lowest BCUT2D eigenvalue weighted by molar-refractivity contribution is -0.274. The molecule has 1 rings (SSSR count). The predicted molar refractivity (Wildman–Crippen MR) is 54.0 cm³/mol. The Bertz CT molecular complexity index is 495. The average Bonchev–Trinajstić information content (AvgIpc) is 2.23. The van der Waals surface area contributed by atoms with Crippen molar-refractivity contribution in [3.63, 3.8) is 0 Å². The van der Waals surface area contributed by atoms with Crippen molar-refractivity contribution >= 4 is 0 Å². The molecule has 0 heterocycles. The van der Waals surface area contributed by atoms with Gasteiger partial charge in [-0.3, -0.25) is 0 Å². The molecule has 4 nitrogen and oxygen atoms in total. The van der Waals surface area contributed by atoms with Gasteiger partial charge >= 0.3 is 6.36 Å². The SMILES string of the molecule is [N-]=[N+]=NCC#Cc1cccc(OC(F)(F)F)c1. The van der Waals surface area contributed by atoms with E-state index in [1.54, 1.807) is 0 Å². The zero-order chi connectivity index (χ0) is 12.7. The highest BCUT2D eigenvalue weighted by molar-refractivity contribution is 5.40. The third kappa shape index (κ3) is 5.35.